The van der Waals surface area contributed by atoms with Crippen LogP contribution in [-0.2, 0) is 31.5 Å². The van der Waals surface area contributed by atoms with Gasteiger partial charge in [0, 0.05) is 36.8 Å². The molecule has 2 aromatic carbocycles. The average Bonchev–Trinajstić information content (AvgIpc) is 2.83. The van der Waals surface area contributed by atoms with Crippen molar-refractivity contribution in [3.63, 3.8) is 0 Å². The van der Waals surface area contributed by atoms with E-state index in [1.165, 1.54) is 10.4 Å². The number of aliphatic carboxylic acids is 1. The highest BCUT2D eigenvalue weighted by Gasteiger charge is 2.43. The molecule has 35 heavy (non-hydrogen) atoms. The molecule has 9 heteroatoms. The number of aliphatic hydroxyl groups excluding tert-OH is 1. The van der Waals surface area contributed by atoms with Gasteiger partial charge in [-0.2, -0.15) is 4.31 Å². The smallest absolute Gasteiger partial charge is 0.306 e. The molecule has 0 bridgehead atoms. The van der Waals surface area contributed by atoms with Crippen molar-refractivity contribution in [2.45, 2.75) is 68.4 Å². The van der Waals surface area contributed by atoms with Gasteiger partial charge in [0.05, 0.1) is 12.5 Å². The summed E-state index contributed by atoms with van der Waals surface area (Å²) in [5.74, 6) is -1.70. The zero-order chi connectivity index (χ0) is 25.2. The van der Waals surface area contributed by atoms with E-state index < -0.39 is 45.0 Å². The number of hydrogen-bond donors (Lipinski definition) is 2. The zero-order valence-corrected chi connectivity index (χ0v) is 20.6. The number of ether oxygens (including phenoxy) is 1. The number of carboxylic acid groups (broad SMARTS) is 1. The standard InChI is InChI=1S/C26H32FNO6S/c1-18-7-10-23(19-5-3-2-4-6-19)35(32,33)28(18)17-20-8-9-21(15-22(20)27)26(11-13-34-14-12-26)24(29)16-25(30)31/h2-6,8-9,15,18,23-24,29H,7,10-14,16-17H2,1H3,(H,30,31)/t18-,23+,24+/m0/s1. The summed E-state index contributed by atoms with van der Waals surface area (Å²) in [5, 5.41) is 19.3. The van der Waals surface area contributed by atoms with Crippen LogP contribution in [-0.4, -0.2) is 54.3 Å². The number of carbonyl (C=O) groups is 1. The Hall–Kier alpha value is -2.33. The molecule has 0 amide bonds. The molecule has 0 unspecified atom stereocenters. The van der Waals surface area contributed by atoms with Crippen molar-refractivity contribution in [3.8, 4) is 0 Å². The molecule has 0 radical (unpaired) electrons. The Kier molecular flexibility index (Phi) is 7.61. The third kappa shape index (κ3) is 5.14. The summed E-state index contributed by atoms with van der Waals surface area (Å²) < 4.78 is 49.2. The second kappa shape index (κ2) is 10.3. The second-order valence-corrected chi connectivity index (χ2v) is 11.7. The minimum atomic E-state index is -3.71. The van der Waals surface area contributed by atoms with Crippen LogP contribution in [0.15, 0.2) is 48.5 Å². The third-order valence-corrected chi connectivity index (χ3v) is 9.91. The lowest BCUT2D eigenvalue weighted by Gasteiger charge is -2.41. The maximum absolute atomic E-state index is 15.4. The van der Waals surface area contributed by atoms with Gasteiger partial charge in [0.1, 0.15) is 11.1 Å². The van der Waals surface area contributed by atoms with E-state index in [-0.39, 0.29) is 18.2 Å². The van der Waals surface area contributed by atoms with Crippen molar-refractivity contribution in [1.82, 2.24) is 4.31 Å². The van der Waals surface area contributed by atoms with Gasteiger partial charge in [-0.05, 0) is 49.8 Å². The Bertz CT molecular complexity index is 1150. The summed E-state index contributed by atoms with van der Waals surface area (Å²) in [6.07, 6.45) is 0.282. The van der Waals surface area contributed by atoms with E-state index in [9.17, 15) is 23.4 Å². The molecule has 7 nitrogen and oxygen atoms in total. The maximum Gasteiger partial charge on any atom is 0.306 e. The van der Waals surface area contributed by atoms with Crippen LogP contribution < -0.4 is 0 Å². The predicted octanol–water partition coefficient (Wildman–Crippen LogP) is 3.76. The third-order valence-electron chi connectivity index (χ3n) is 7.54. The van der Waals surface area contributed by atoms with Crippen LogP contribution in [0.3, 0.4) is 0 Å². The van der Waals surface area contributed by atoms with Gasteiger partial charge in [0.2, 0.25) is 10.0 Å². The van der Waals surface area contributed by atoms with Crippen molar-refractivity contribution in [3.05, 3.63) is 71.0 Å². The fraction of sp³-hybridized carbons (Fsp3) is 0.500. The lowest BCUT2D eigenvalue weighted by molar-refractivity contribution is -0.141. The molecular formula is C26H32FNO6S. The van der Waals surface area contributed by atoms with E-state index in [4.69, 9.17) is 4.74 Å². The fourth-order valence-electron chi connectivity index (χ4n) is 5.42. The van der Waals surface area contributed by atoms with Crippen LogP contribution in [0.4, 0.5) is 4.39 Å². The normalized spacial score (nSPS) is 25.1. The summed E-state index contributed by atoms with van der Waals surface area (Å²) >= 11 is 0. The lowest BCUT2D eigenvalue weighted by Crippen LogP contribution is -2.46. The van der Waals surface area contributed by atoms with Crippen LogP contribution in [0.25, 0.3) is 0 Å². The molecule has 190 valence electrons. The van der Waals surface area contributed by atoms with Gasteiger partial charge in [0.25, 0.3) is 0 Å². The SMILES string of the molecule is C[C@H]1CC[C@H](c2ccccc2)S(=O)(=O)N1Cc1ccc(C2([C@H](O)CC(=O)O)CCOCC2)cc1F. The zero-order valence-electron chi connectivity index (χ0n) is 19.8. The van der Waals surface area contributed by atoms with Gasteiger partial charge < -0.3 is 14.9 Å². The van der Waals surface area contributed by atoms with Crippen molar-refractivity contribution >= 4 is 16.0 Å². The first kappa shape index (κ1) is 25.8. The highest BCUT2D eigenvalue weighted by molar-refractivity contribution is 7.89. The van der Waals surface area contributed by atoms with E-state index in [1.54, 1.807) is 12.1 Å². The number of nitrogens with zero attached hydrogens (tertiary/aromatic N) is 1. The summed E-state index contributed by atoms with van der Waals surface area (Å²) in [6, 6.07) is 13.4. The molecule has 2 heterocycles. The van der Waals surface area contributed by atoms with Gasteiger partial charge in [-0.25, -0.2) is 12.8 Å². The van der Waals surface area contributed by atoms with Crippen LogP contribution in [0.2, 0.25) is 0 Å². The number of sulfonamides is 1. The topological polar surface area (TPSA) is 104 Å². The number of halogens is 1. The van der Waals surface area contributed by atoms with Gasteiger partial charge in [-0.15, -0.1) is 0 Å². The largest absolute Gasteiger partial charge is 0.481 e. The summed E-state index contributed by atoms with van der Waals surface area (Å²) in [5.41, 5.74) is 0.549. The lowest BCUT2D eigenvalue weighted by atomic mass is 9.69. The molecule has 2 saturated heterocycles. The van der Waals surface area contributed by atoms with E-state index in [1.807, 2.05) is 37.3 Å². The van der Waals surface area contributed by atoms with Crippen LogP contribution in [0.1, 0.15) is 61.0 Å². The molecule has 2 aliphatic rings. The van der Waals surface area contributed by atoms with Crippen molar-refractivity contribution in [2.75, 3.05) is 13.2 Å². The predicted molar refractivity (Wildman–Crippen MR) is 129 cm³/mol. The quantitative estimate of drug-likeness (QED) is 0.594. The minimum Gasteiger partial charge on any atom is -0.481 e. The van der Waals surface area contributed by atoms with Gasteiger partial charge in [0.15, 0.2) is 0 Å². The molecule has 0 aromatic heterocycles. The van der Waals surface area contributed by atoms with E-state index >= 15 is 4.39 Å². The van der Waals surface area contributed by atoms with Crippen molar-refractivity contribution in [2.24, 2.45) is 0 Å². The van der Waals surface area contributed by atoms with Crippen molar-refractivity contribution < 1.29 is 32.6 Å². The van der Waals surface area contributed by atoms with Gasteiger partial charge in [-0.1, -0.05) is 42.5 Å². The number of aliphatic hydroxyl groups is 1. The summed E-state index contributed by atoms with van der Waals surface area (Å²) in [6.45, 7) is 2.42. The highest BCUT2D eigenvalue weighted by atomic mass is 32.2. The molecule has 2 N–H and O–H groups in total. The molecule has 2 fully saturated rings. The Morgan fingerprint density at radius 2 is 1.86 bits per heavy atom. The molecule has 4 rings (SSSR count). The molecule has 0 aliphatic carbocycles. The Labute approximate surface area is 205 Å². The van der Waals surface area contributed by atoms with Gasteiger partial charge >= 0.3 is 5.97 Å². The second-order valence-electron chi connectivity index (χ2n) is 9.60. The van der Waals surface area contributed by atoms with Crippen LogP contribution >= 0.6 is 0 Å². The Balaban J connectivity index is 1.62. The van der Waals surface area contributed by atoms with Crippen LogP contribution in [0, 0.1) is 5.82 Å². The molecule has 3 atom stereocenters. The maximum atomic E-state index is 15.4. The van der Waals surface area contributed by atoms with Crippen molar-refractivity contribution in [1.29, 1.82) is 0 Å². The number of carboxylic acids is 1. The van der Waals surface area contributed by atoms with E-state index in [2.05, 4.69) is 0 Å². The van der Waals surface area contributed by atoms with E-state index in [0.29, 0.717) is 44.5 Å². The van der Waals surface area contributed by atoms with Crippen LogP contribution in [0.5, 0.6) is 0 Å². The van der Waals surface area contributed by atoms with E-state index in [0.717, 1.165) is 5.56 Å². The highest BCUT2D eigenvalue weighted by Crippen LogP contribution is 2.41. The first-order valence-electron chi connectivity index (χ1n) is 12.0. The fourth-order valence-corrected chi connectivity index (χ4v) is 7.60. The summed E-state index contributed by atoms with van der Waals surface area (Å²) in [4.78, 5) is 11.3. The number of rotatable bonds is 7. The molecule has 2 aromatic rings. The average molecular weight is 506 g/mol. The number of benzene rings is 2. The number of hydrogen-bond acceptors (Lipinski definition) is 5. The Morgan fingerprint density at radius 3 is 2.49 bits per heavy atom. The molecule has 0 saturated carbocycles. The molecule has 2 aliphatic heterocycles. The Morgan fingerprint density at radius 1 is 1.17 bits per heavy atom. The summed E-state index contributed by atoms with van der Waals surface area (Å²) in [7, 11) is -3.71. The monoisotopic (exact) mass is 505 g/mol. The van der Waals surface area contributed by atoms with Gasteiger partial charge in [-0.3, -0.25) is 4.79 Å². The first-order chi connectivity index (χ1) is 16.6. The molecular weight excluding hydrogens is 473 g/mol. The first-order valence-corrected chi connectivity index (χ1v) is 13.5. The minimum absolute atomic E-state index is 0.0905. The molecule has 0 spiro atoms.